The minimum atomic E-state index is -0.261. The van der Waals surface area contributed by atoms with Gasteiger partial charge in [0, 0.05) is 25.7 Å². The van der Waals surface area contributed by atoms with E-state index in [0.717, 1.165) is 32.7 Å². The molecule has 0 radical (unpaired) electrons. The summed E-state index contributed by atoms with van der Waals surface area (Å²) in [6.07, 6.45) is 4.73. The molecule has 1 rings (SSSR count). The molecule has 1 heterocycles. The minimum absolute atomic E-state index is 0.261. The van der Waals surface area contributed by atoms with Crippen LogP contribution in [-0.2, 0) is 14.3 Å². The van der Waals surface area contributed by atoms with Gasteiger partial charge in [0.1, 0.15) is 0 Å². The number of carbonyl (C=O) groups excluding carboxylic acids is 1. The van der Waals surface area contributed by atoms with Crippen molar-refractivity contribution in [3.05, 3.63) is 12.2 Å². The third-order valence-corrected chi connectivity index (χ3v) is 2.58. The fraction of sp³-hybridized carbons (Fsp3) is 0.750. The van der Waals surface area contributed by atoms with Gasteiger partial charge >= 0.3 is 5.97 Å². The van der Waals surface area contributed by atoms with E-state index in [-0.39, 0.29) is 5.97 Å². The van der Waals surface area contributed by atoms with E-state index in [1.54, 1.807) is 6.92 Å². The van der Waals surface area contributed by atoms with E-state index in [1.165, 1.54) is 6.08 Å². The highest BCUT2D eigenvalue weighted by molar-refractivity contribution is 5.81. The molecule has 0 aromatic heterocycles. The van der Waals surface area contributed by atoms with E-state index >= 15 is 0 Å². The first-order chi connectivity index (χ1) is 7.76. The summed E-state index contributed by atoms with van der Waals surface area (Å²) in [5.74, 6) is -0.261. The molecule has 1 aliphatic rings. The maximum absolute atomic E-state index is 11.1. The van der Waals surface area contributed by atoms with Crippen LogP contribution < -0.4 is 0 Å². The average molecular weight is 227 g/mol. The fourth-order valence-electron chi connectivity index (χ4n) is 1.68. The second-order valence-corrected chi connectivity index (χ2v) is 3.82. The van der Waals surface area contributed by atoms with Gasteiger partial charge in [-0.15, -0.1) is 0 Å². The molecule has 0 N–H and O–H groups in total. The second-order valence-electron chi connectivity index (χ2n) is 3.82. The summed E-state index contributed by atoms with van der Waals surface area (Å²) in [6.45, 7) is 7.82. The Kier molecular flexibility index (Phi) is 6.11. The minimum Gasteiger partial charge on any atom is -0.463 e. The highest BCUT2D eigenvalue weighted by Crippen LogP contribution is 2.07. The van der Waals surface area contributed by atoms with Gasteiger partial charge in [-0.05, 0) is 13.3 Å². The van der Waals surface area contributed by atoms with Gasteiger partial charge in [0.15, 0.2) is 0 Å². The lowest BCUT2D eigenvalue weighted by Crippen LogP contribution is -2.42. The summed E-state index contributed by atoms with van der Waals surface area (Å²) in [5.41, 5.74) is 0. The Hall–Kier alpha value is -0.870. The third-order valence-electron chi connectivity index (χ3n) is 2.58. The van der Waals surface area contributed by atoms with Crippen LogP contribution in [0, 0.1) is 0 Å². The van der Waals surface area contributed by atoms with Crippen molar-refractivity contribution in [1.29, 1.82) is 0 Å². The highest BCUT2D eigenvalue weighted by Gasteiger charge is 2.17. The van der Waals surface area contributed by atoms with Crippen molar-refractivity contribution in [3.63, 3.8) is 0 Å². The van der Waals surface area contributed by atoms with Crippen LogP contribution in [0.1, 0.15) is 20.3 Å². The lowest BCUT2D eigenvalue weighted by Gasteiger charge is -2.31. The zero-order valence-corrected chi connectivity index (χ0v) is 10.1. The molecule has 0 aliphatic carbocycles. The molecule has 0 spiro atoms. The Balaban J connectivity index is 2.23. The largest absolute Gasteiger partial charge is 0.463 e. The number of morpholine rings is 1. The van der Waals surface area contributed by atoms with Gasteiger partial charge in [0.05, 0.1) is 19.3 Å². The second kappa shape index (κ2) is 7.41. The molecule has 4 nitrogen and oxygen atoms in total. The van der Waals surface area contributed by atoms with Crippen molar-refractivity contribution < 1.29 is 14.3 Å². The van der Waals surface area contributed by atoms with Crippen molar-refractivity contribution in [2.24, 2.45) is 0 Å². The van der Waals surface area contributed by atoms with Gasteiger partial charge < -0.3 is 9.47 Å². The lowest BCUT2D eigenvalue weighted by molar-refractivity contribution is -0.137. The molecule has 0 aromatic rings. The Labute approximate surface area is 97.2 Å². The number of hydrogen-bond donors (Lipinski definition) is 0. The normalized spacial score (nSPS) is 22.5. The van der Waals surface area contributed by atoms with Gasteiger partial charge in [0.25, 0.3) is 0 Å². The quantitative estimate of drug-likeness (QED) is 0.523. The smallest absolute Gasteiger partial charge is 0.330 e. The van der Waals surface area contributed by atoms with Crippen LogP contribution in [0.25, 0.3) is 0 Å². The summed E-state index contributed by atoms with van der Waals surface area (Å²) in [6, 6.07) is 0. The highest BCUT2D eigenvalue weighted by atomic mass is 16.5. The van der Waals surface area contributed by atoms with E-state index < -0.39 is 0 Å². The standard InChI is InChI=1S/C12H21NO3/c1-3-11-10-13(8-9-16-11)7-5-6-12(14)15-4-2/h5-6,11H,3-4,7-10H2,1-2H3/b6-5+. The number of ether oxygens (including phenoxy) is 2. The first-order valence-electron chi connectivity index (χ1n) is 5.93. The predicted molar refractivity (Wildman–Crippen MR) is 62.2 cm³/mol. The van der Waals surface area contributed by atoms with Crippen LogP contribution in [0.4, 0.5) is 0 Å². The molecule has 4 heteroatoms. The molecule has 0 saturated carbocycles. The zero-order valence-electron chi connectivity index (χ0n) is 10.1. The van der Waals surface area contributed by atoms with Crippen LogP contribution in [-0.4, -0.2) is 49.8 Å². The summed E-state index contributed by atoms with van der Waals surface area (Å²) < 4.78 is 10.4. The van der Waals surface area contributed by atoms with Crippen molar-refractivity contribution >= 4 is 5.97 Å². The lowest BCUT2D eigenvalue weighted by atomic mass is 10.2. The first-order valence-corrected chi connectivity index (χ1v) is 5.93. The maximum Gasteiger partial charge on any atom is 0.330 e. The molecule has 0 aromatic carbocycles. The Morgan fingerprint density at radius 2 is 2.38 bits per heavy atom. The third kappa shape index (κ3) is 4.77. The topological polar surface area (TPSA) is 38.8 Å². The molecule has 1 fully saturated rings. The molecule has 1 unspecified atom stereocenters. The van der Waals surface area contributed by atoms with Gasteiger partial charge in [-0.3, -0.25) is 4.90 Å². The monoisotopic (exact) mass is 227 g/mol. The molecule has 92 valence electrons. The maximum atomic E-state index is 11.1. The van der Waals surface area contributed by atoms with Crippen molar-refractivity contribution in [1.82, 2.24) is 4.90 Å². The molecule has 1 atom stereocenters. The Morgan fingerprint density at radius 3 is 3.06 bits per heavy atom. The van der Waals surface area contributed by atoms with Crippen LogP contribution in [0.5, 0.6) is 0 Å². The summed E-state index contributed by atoms with van der Waals surface area (Å²) >= 11 is 0. The van der Waals surface area contributed by atoms with Gasteiger partial charge in [-0.1, -0.05) is 13.0 Å². The molecule has 0 bridgehead atoms. The Bertz CT molecular complexity index is 240. The van der Waals surface area contributed by atoms with E-state index in [1.807, 2.05) is 6.08 Å². The summed E-state index contributed by atoms with van der Waals surface area (Å²) in [7, 11) is 0. The van der Waals surface area contributed by atoms with Crippen molar-refractivity contribution in [3.8, 4) is 0 Å². The fourth-order valence-corrected chi connectivity index (χ4v) is 1.68. The summed E-state index contributed by atoms with van der Waals surface area (Å²) in [4.78, 5) is 13.3. The van der Waals surface area contributed by atoms with E-state index in [0.29, 0.717) is 12.7 Å². The number of rotatable bonds is 5. The molecule has 1 saturated heterocycles. The first kappa shape index (κ1) is 13.2. The SMILES string of the molecule is CCOC(=O)/C=C/CN1CCOC(CC)C1. The number of hydrogen-bond acceptors (Lipinski definition) is 4. The van der Waals surface area contributed by atoms with Crippen LogP contribution in [0.3, 0.4) is 0 Å². The predicted octanol–water partition coefficient (Wildman–Crippen LogP) is 1.22. The van der Waals surface area contributed by atoms with Crippen LogP contribution in [0.2, 0.25) is 0 Å². The number of esters is 1. The summed E-state index contributed by atoms with van der Waals surface area (Å²) in [5, 5.41) is 0. The number of carbonyl (C=O) groups is 1. The molecule has 1 aliphatic heterocycles. The van der Waals surface area contributed by atoms with Gasteiger partial charge in [-0.25, -0.2) is 4.79 Å². The molecular weight excluding hydrogens is 206 g/mol. The van der Waals surface area contributed by atoms with Crippen LogP contribution in [0.15, 0.2) is 12.2 Å². The number of nitrogens with zero attached hydrogens (tertiary/aromatic N) is 1. The zero-order chi connectivity index (χ0) is 11.8. The van der Waals surface area contributed by atoms with Gasteiger partial charge in [0.2, 0.25) is 0 Å². The molecule has 0 amide bonds. The van der Waals surface area contributed by atoms with E-state index in [4.69, 9.17) is 9.47 Å². The Morgan fingerprint density at radius 1 is 1.56 bits per heavy atom. The average Bonchev–Trinajstić information content (AvgIpc) is 2.30. The van der Waals surface area contributed by atoms with Crippen molar-refractivity contribution in [2.45, 2.75) is 26.4 Å². The van der Waals surface area contributed by atoms with Crippen LogP contribution >= 0.6 is 0 Å². The molecule has 16 heavy (non-hydrogen) atoms. The van der Waals surface area contributed by atoms with Gasteiger partial charge in [-0.2, -0.15) is 0 Å². The molecular formula is C12H21NO3. The van der Waals surface area contributed by atoms with E-state index in [2.05, 4.69) is 11.8 Å². The van der Waals surface area contributed by atoms with E-state index in [9.17, 15) is 4.79 Å². The van der Waals surface area contributed by atoms with Crippen molar-refractivity contribution in [2.75, 3.05) is 32.8 Å².